The number of fused-ring (bicyclic) bond motifs is 1. The van der Waals surface area contributed by atoms with E-state index in [4.69, 9.17) is 14.2 Å². The zero-order chi connectivity index (χ0) is 22.7. The second kappa shape index (κ2) is 9.14. The molecule has 1 fully saturated rings. The second-order valence-electron chi connectivity index (χ2n) is 9.16. The number of rotatable bonds is 4. The Morgan fingerprint density at radius 1 is 1.09 bits per heavy atom. The van der Waals surface area contributed by atoms with Gasteiger partial charge >= 0.3 is 6.09 Å². The number of hydrogen-bond donors (Lipinski definition) is 1. The molecule has 2 aliphatic rings. The van der Waals surface area contributed by atoms with Gasteiger partial charge < -0.3 is 29.0 Å². The van der Waals surface area contributed by atoms with Crippen molar-refractivity contribution in [2.45, 2.75) is 51.8 Å². The molecule has 0 atom stereocenters. The molecule has 0 bridgehead atoms. The highest BCUT2D eigenvalue weighted by Crippen LogP contribution is 2.31. The van der Waals surface area contributed by atoms with Crippen LogP contribution in [0.5, 0.6) is 11.5 Å². The van der Waals surface area contributed by atoms with Crippen molar-refractivity contribution in [3.63, 3.8) is 0 Å². The Kier molecular flexibility index (Phi) is 6.30. The second-order valence-corrected chi connectivity index (χ2v) is 9.16. The summed E-state index contributed by atoms with van der Waals surface area (Å²) in [6.07, 6.45) is 3.21. The molecule has 8 heteroatoms. The Balaban J connectivity index is 1.33. The number of amides is 2. The Labute approximate surface area is 188 Å². The van der Waals surface area contributed by atoms with Crippen LogP contribution < -0.4 is 14.8 Å². The van der Waals surface area contributed by atoms with Crippen LogP contribution in [0, 0.1) is 0 Å². The van der Waals surface area contributed by atoms with Crippen molar-refractivity contribution in [1.82, 2.24) is 14.8 Å². The van der Waals surface area contributed by atoms with E-state index in [1.165, 1.54) is 0 Å². The number of carbonyl (C=O) groups excluding carboxylic acids is 2. The first-order valence-corrected chi connectivity index (χ1v) is 11.1. The lowest BCUT2D eigenvalue weighted by atomic mass is 10.0. The predicted octanol–water partition coefficient (Wildman–Crippen LogP) is 3.76. The molecule has 1 saturated heterocycles. The Hall–Kier alpha value is -3.16. The zero-order valence-electron chi connectivity index (χ0n) is 18.9. The molecule has 1 aromatic heterocycles. The fourth-order valence-corrected chi connectivity index (χ4v) is 4.03. The fraction of sp³-hybridized carbons (Fsp3) is 0.500. The van der Waals surface area contributed by atoms with Crippen LogP contribution in [-0.2, 0) is 11.3 Å². The third-order valence-electron chi connectivity index (χ3n) is 5.58. The first-order valence-electron chi connectivity index (χ1n) is 11.1. The van der Waals surface area contributed by atoms with Gasteiger partial charge in [-0.05, 0) is 63.4 Å². The van der Waals surface area contributed by atoms with Crippen molar-refractivity contribution in [1.29, 1.82) is 0 Å². The molecule has 32 heavy (non-hydrogen) atoms. The molecule has 0 saturated carbocycles. The van der Waals surface area contributed by atoms with Crippen LogP contribution in [0.25, 0.3) is 0 Å². The molecule has 2 amide bonds. The highest BCUT2D eigenvalue weighted by Gasteiger charge is 2.28. The number of piperidine rings is 1. The summed E-state index contributed by atoms with van der Waals surface area (Å²) in [4.78, 5) is 26.9. The summed E-state index contributed by atoms with van der Waals surface area (Å²) in [6, 6.07) is 9.59. The lowest BCUT2D eigenvalue weighted by Crippen LogP contribution is -2.42. The molecular weight excluding hydrogens is 410 g/mol. The summed E-state index contributed by atoms with van der Waals surface area (Å²) in [5.74, 6) is 1.32. The third kappa shape index (κ3) is 5.18. The van der Waals surface area contributed by atoms with Gasteiger partial charge in [0.25, 0.3) is 5.91 Å². The minimum absolute atomic E-state index is 0.125. The molecule has 1 aromatic carbocycles. The first-order chi connectivity index (χ1) is 15.3. The van der Waals surface area contributed by atoms with Crippen molar-refractivity contribution in [3.8, 4) is 11.5 Å². The van der Waals surface area contributed by atoms with Crippen LogP contribution >= 0.6 is 0 Å². The molecular formula is C24H31N3O5. The molecule has 172 valence electrons. The third-order valence-corrected chi connectivity index (χ3v) is 5.58. The van der Waals surface area contributed by atoms with Crippen LogP contribution in [0.15, 0.2) is 36.5 Å². The summed E-state index contributed by atoms with van der Waals surface area (Å²) in [5, 5.41) is 3.00. The van der Waals surface area contributed by atoms with E-state index in [1.807, 2.05) is 61.9 Å². The number of nitrogens with one attached hydrogen (secondary N) is 1. The number of aromatic nitrogens is 1. The standard InChI is InChI=1S/C24H31N3O5/c1-24(2,3)32-23(29)26-11-8-18(9-12-26)27-10-4-5-19(27)22(28)25-16-17-6-7-20-21(15-17)31-14-13-30-20/h4-7,10,15,18H,8-9,11-14,16H2,1-3H3,(H,25,28). The predicted molar refractivity (Wildman–Crippen MR) is 119 cm³/mol. The summed E-state index contributed by atoms with van der Waals surface area (Å²) in [5.41, 5.74) is 1.07. The van der Waals surface area contributed by atoms with E-state index >= 15 is 0 Å². The highest BCUT2D eigenvalue weighted by atomic mass is 16.6. The van der Waals surface area contributed by atoms with Crippen LogP contribution in [0.3, 0.4) is 0 Å². The molecule has 2 aliphatic heterocycles. The van der Waals surface area contributed by atoms with Gasteiger partial charge in [-0.25, -0.2) is 4.79 Å². The van der Waals surface area contributed by atoms with Gasteiger partial charge in [0.05, 0.1) is 0 Å². The maximum atomic E-state index is 12.9. The Morgan fingerprint density at radius 3 is 2.53 bits per heavy atom. The Morgan fingerprint density at radius 2 is 1.81 bits per heavy atom. The highest BCUT2D eigenvalue weighted by molar-refractivity contribution is 5.92. The van der Waals surface area contributed by atoms with E-state index in [1.54, 1.807) is 4.90 Å². The molecule has 0 spiro atoms. The molecule has 8 nitrogen and oxygen atoms in total. The van der Waals surface area contributed by atoms with E-state index in [9.17, 15) is 9.59 Å². The number of hydrogen-bond acceptors (Lipinski definition) is 5. The van der Waals surface area contributed by atoms with E-state index in [2.05, 4.69) is 5.32 Å². The van der Waals surface area contributed by atoms with Crippen molar-refractivity contribution < 1.29 is 23.8 Å². The fourth-order valence-electron chi connectivity index (χ4n) is 4.03. The largest absolute Gasteiger partial charge is 0.486 e. The summed E-state index contributed by atoms with van der Waals surface area (Å²) < 4.78 is 18.7. The monoisotopic (exact) mass is 441 g/mol. The van der Waals surface area contributed by atoms with Gasteiger partial charge in [0, 0.05) is 31.9 Å². The quantitative estimate of drug-likeness (QED) is 0.781. The normalized spacial score (nSPS) is 16.5. The van der Waals surface area contributed by atoms with Gasteiger partial charge in [0.1, 0.15) is 24.5 Å². The molecule has 3 heterocycles. The zero-order valence-corrected chi connectivity index (χ0v) is 18.9. The lowest BCUT2D eigenvalue weighted by molar-refractivity contribution is 0.0187. The topological polar surface area (TPSA) is 82.0 Å². The van der Waals surface area contributed by atoms with E-state index in [-0.39, 0.29) is 18.0 Å². The lowest BCUT2D eigenvalue weighted by Gasteiger charge is -2.34. The maximum absolute atomic E-state index is 12.9. The summed E-state index contributed by atoms with van der Waals surface area (Å²) >= 11 is 0. The number of benzene rings is 1. The van der Waals surface area contributed by atoms with Gasteiger partial charge in [-0.3, -0.25) is 4.79 Å². The number of likely N-dealkylation sites (tertiary alicyclic amines) is 1. The van der Waals surface area contributed by atoms with Gasteiger partial charge in [0.2, 0.25) is 0 Å². The van der Waals surface area contributed by atoms with Crippen LogP contribution in [-0.4, -0.2) is 53.4 Å². The summed E-state index contributed by atoms with van der Waals surface area (Å²) in [6.45, 7) is 8.30. The minimum Gasteiger partial charge on any atom is -0.486 e. The minimum atomic E-state index is -0.503. The average Bonchev–Trinajstić information content (AvgIpc) is 3.26. The van der Waals surface area contributed by atoms with Gasteiger partial charge in [-0.1, -0.05) is 6.07 Å². The smallest absolute Gasteiger partial charge is 0.410 e. The van der Waals surface area contributed by atoms with Gasteiger partial charge in [0.15, 0.2) is 11.5 Å². The average molecular weight is 442 g/mol. The van der Waals surface area contributed by atoms with E-state index < -0.39 is 5.60 Å². The van der Waals surface area contributed by atoms with Crippen molar-refractivity contribution >= 4 is 12.0 Å². The molecule has 0 aliphatic carbocycles. The van der Waals surface area contributed by atoms with Crippen LogP contribution in [0.2, 0.25) is 0 Å². The number of nitrogens with zero attached hydrogens (tertiary/aromatic N) is 2. The maximum Gasteiger partial charge on any atom is 0.410 e. The van der Waals surface area contributed by atoms with Crippen LogP contribution in [0.4, 0.5) is 4.79 Å². The van der Waals surface area contributed by atoms with E-state index in [0.717, 1.165) is 24.2 Å². The Bertz CT molecular complexity index is 970. The van der Waals surface area contributed by atoms with Crippen molar-refractivity contribution in [2.24, 2.45) is 0 Å². The number of carbonyl (C=O) groups is 2. The molecule has 1 N–H and O–H groups in total. The summed E-state index contributed by atoms with van der Waals surface area (Å²) in [7, 11) is 0. The van der Waals surface area contributed by atoms with E-state index in [0.29, 0.717) is 44.3 Å². The number of ether oxygens (including phenoxy) is 3. The van der Waals surface area contributed by atoms with Crippen molar-refractivity contribution in [2.75, 3.05) is 26.3 Å². The van der Waals surface area contributed by atoms with Gasteiger partial charge in [-0.2, -0.15) is 0 Å². The molecule has 4 rings (SSSR count). The molecule has 0 unspecified atom stereocenters. The molecule has 2 aromatic rings. The van der Waals surface area contributed by atoms with Crippen molar-refractivity contribution in [3.05, 3.63) is 47.8 Å². The molecule has 0 radical (unpaired) electrons. The van der Waals surface area contributed by atoms with Crippen LogP contribution in [0.1, 0.15) is 55.7 Å². The SMILES string of the molecule is CC(C)(C)OC(=O)N1CCC(n2cccc2C(=O)NCc2ccc3c(c2)OCCO3)CC1. The van der Waals surface area contributed by atoms with Gasteiger partial charge in [-0.15, -0.1) is 0 Å². The first kappa shape index (κ1) is 22.0.